The van der Waals surface area contributed by atoms with Gasteiger partial charge in [0.15, 0.2) is 0 Å². The highest BCUT2D eigenvalue weighted by atomic mass is 35.5. The molecule has 0 saturated carbocycles. The van der Waals surface area contributed by atoms with Gasteiger partial charge in [-0.15, -0.1) is 24.8 Å². The maximum absolute atomic E-state index is 13.2. The van der Waals surface area contributed by atoms with E-state index in [2.05, 4.69) is 44.2 Å². The van der Waals surface area contributed by atoms with Gasteiger partial charge in [-0.3, -0.25) is 14.8 Å². The zero-order valence-corrected chi connectivity index (χ0v) is 19.3. The Hall–Kier alpha value is -1.34. The Balaban J connectivity index is 0.00000128. The van der Waals surface area contributed by atoms with Crippen molar-refractivity contribution in [1.82, 2.24) is 25.0 Å². The lowest BCUT2D eigenvalue weighted by atomic mass is 9.84. The van der Waals surface area contributed by atoms with Crippen LogP contribution in [0.25, 0.3) is 0 Å². The molecule has 2 aromatic heterocycles. The van der Waals surface area contributed by atoms with Crippen LogP contribution in [-0.4, -0.2) is 39.8 Å². The van der Waals surface area contributed by atoms with Gasteiger partial charge in [-0.05, 0) is 63.2 Å². The van der Waals surface area contributed by atoms with Gasteiger partial charge < -0.3 is 9.88 Å². The Labute approximate surface area is 190 Å². The molecule has 166 valence electrons. The maximum Gasteiger partial charge on any atom is 0.255 e. The average Bonchev–Trinajstić information content (AvgIpc) is 2.91. The van der Waals surface area contributed by atoms with Crippen molar-refractivity contribution in [2.75, 3.05) is 20.1 Å². The third-order valence-electron chi connectivity index (χ3n) is 6.84. The Kier molecular flexibility index (Phi) is 7.66. The van der Waals surface area contributed by atoms with Gasteiger partial charge in [0.25, 0.3) is 5.56 Å². The smallest absolute Gasteiger partial charge is 0.255 e. The second kappa shape index (κ2) is 9.86. The summed E-state index contributed by atoms with van der Waals surface area (Å²) < 4.78 is 2.06. The number of H-pyrrole nitrogens is 1. The third kappa shape index (κ3) is 4.47. The first kappa shape index (κ1) is 23.3. The van der Waals surface area contributed by atoms with Crippen molar-refractivity contribution in [3.05, 3.63) is 50.7 Å². The first-order valence-electron chi connectivity index (χ1n) is 10.9. The number of nitrogens with one attached hydrogen (secondary N) is 2. The quantitative estimate of drug-likeness (QED) is 0.698. The first-order valence-corrected chi connectivity index (χ1v) is 10.9. The van der Waals surface area contributed by atoms with Crippen LogP contribution in [0.2, 0.25) is 0 Å². The minimum atomic E-state index is 0. The average molecular weight is 454 g/mol. The molecule has 4 heterocycles. The molecule has 30 heavy (non-hydrogen) atoms. The number of hydrogen-bond donors (Lipinski definition) is 2. The topological polar surface area (TPSA) is 66.0 Å². The van der Waals surface area contributed by atoms with Crippen LogP contribution in [0.3, 0.4) is 0 Å². The van der Waals surface area contributed by atoms with Crippen LogP contribution < -0.4 is 10.9 Å². The minimum Gasteiger partial charge on any atom is -0.316 e. The molecule has 2 aliphatic heterocycles. The number of aromatic nitrogens is 3. The van der Waals surface area contributed by atoms with E-state index in [1.54, 1.807) is 0 Å². The van der Waals surface area contributed by atoms with Crippen molar-refractivity contribution in [3.8, 4) is 0 Å². The molecule has 1 aliphatic carbocycles. The maximum atomic E-state index is 13.2. The van der Waals surface area contributed by atoms with Crippen LogP contribution >= 0.6 is 24.8 Å². The molecule has 3 aliphatic rings. The highest BCUT2D eigenvalue weighted by Crippen LogP contribution is 2.31. The van der Waals surface area contributed by atoms with E-state index >= 15 is 0 Å². The van der Waals surface area contributed by atoms with E-state index in [0.717, 1.165) is 50.3 Å². The molecule has 2 bridgehead atoms. The van der Waals surface area contributed by atoms with Crippen molar-refractivity contribution in [2.24, 2.45) is 5.92 Å². The van der Waals surface area contributed by atoms with Gasteiger partial charge in [0, 0.05) is 49.0 Å². The number of fused-ring (bicyclic) bond motifs is 5. The predicted octanol–water partition coefficient (Wildman–Crippen LogP) is 3.02. The van der Waals surface area contributed by atoms with Gasteiger partial charge in [0.05, 0.1) is 5.69 Å². The summed E-state index contributed by atoms with van der Waals surface area (Å²) in [5, 5.41) is 11.4. The molecule has 8 heteroatoms. The molecule has 0 radical (unpaired) electrons. The Morgan fingerprint density at radius 2 is 1.97 bits per heavy atom. The van der Waals surface area contributed by atoms with E-state index in [9.17, 15) is 4.79 Å². The fourth-order valence-corrected chi connectivity index (χ4v) is 5.42. The molecule has 0 unspecified atom stereocenters. The van der Waals surface area contributed by atoms with Crippen LogP contribution in [0.1, 0.15) is 59.8 Å². The number of aromatic amines is 1. The van der Waals surface area contributed by atoms with Gasteiger partial charge in [0.1, 0.15) is 0 Å². The molecular formula is C22H33Cl2N5O. The molecule has 1 fully saturated rings. The standard InChI is InChI=1S/C22H31N5O.2ClH/c1-26(14-20-18-5-3-2-4-6-19(18)24-25-20)13-16-7-8-21-17-9-15(10-23-11-17)12-27(21)22(16)28;;/h7-8,15,17,23H,2-6,9-14H2,1H3,(H,24,25);2*1H/t15-,17+;;/m0../s1. The lowest BCUT2D eigenvalue weighted by Gasteiger charge is -2.37. The van der Waals surface area contributed by atoms with E-state index in [0.29, 0.717) is 18.4 Å². The van der Waals surface area contributed by atoms with Crippen LogP contribution in [0.15, 0.2) is 16.9 Å². The van der Waals surface area contributed by atoms with Crippen molar-refractivity contribution in [1.29, 1.82) is 0 Å². The van der Waals surface area contributed by atoms with Crippen molar-refractivity contribution in [2.45, 2.75) is 64.1 Å². The van der Waals surface area contributed by atoms with Gasteiger partial charge in [-0.2, -0.15) is 5.10 Å². The Bertz CT molecular complexity index is 925. The summed E-state index contributed by atoms with van der Waals surface area (Å²) in [5.74, 6) is 1.09. The van der Waals surface area contributed by atoms with Crippen molar-refractivity contribution >= 4 is 24.8 Å². The molecule has 2 N–H and O–H groups in total. The zero-order valence-electron chi connectivity index (χ0n) is 17.7. The van der Waals surface area contributed by atoms with Crippen molar-refractivity contribution in [3.63, 3.8) is 0 Å². The van der Waals surface area contributed by atoms with E-state index in [-0.39, 0.29) is 30.4 Å². The van der Waals surface area contributed by atoms with Crippen molar-refractivity contribution < 1.29 is 0 Å². The molecular weight excluding hydrogens is 421 g/mol. The third-order valence-corrected chi connectivity index (χ3v) is 6.84. The number of hydrogen-bond acceptors (Lipinski definition) is 4. The summed E-state index contributed by atoms with van der Waals surface area (Å²) in [6, 6.07) is 4.25. The fourth-order valence-electron chi connectivity index (χ4n) is 5.42. The lowest BCUT2D eigenvalue weighted by Crippen LogP contribution is -2.45. The molecule has 0 spiro atoms. The lowest BCUT2D eigenvalue weighted by molar-refractivity contribution is 0.254. The van der Waals surface area contributed by atoms with E-state index < -0.39 is 0 Å². The monoisotopic (exact) mass is 453 g/mol. The summed E-state index contributed by atoms with van der Waals surface area (Å²) in [6.07, 6.45) is 7.29. The number of nitrogens with zero attached hydrogens (tertiary/aromatic N) is 3. The zero-order chi connectivity index (χ0) is 19.1. The van der Waals surface area contributed by atoms with Crippen LogP contribution in [0.5, 0.6) is 0 Å². The number of piperidine rings is 1. The number of halogens is 2. The SMILES string of the molecule is CN(Cc1n[nH]c2c1CCCCC2)Cc1ccc2n(c1=O)C[C@@H]1CNC[C@H]2C1.Cl.Cl. The van der Waals surface area contributed by atoms with Gasteiger partial charge >= 0.3 is 0 Å². The second-order valence-electron chi connectivity index (χ2n) is 9.02. The first-order chi connectivity index (χ1) is 13.7. The van der Waals surface area contributed by atoms with Crippen LogP contribution in [0.4, 0.5) is 0 Å². The summed E-state index contributed by atoms with van der Waals surface area (Å²) in [7, 11) is 2.10. The highest BCUT2D eigenvalue weighted by Gasteiger charge is 2.31. The number of aryl methyl sites for hydroxylation is 1. The molecule has 6 nitrogen and oxygen atoms in total. The summed E-state index contributed by atoms with van der Waals surface area (Å²) >= 11 is 0. The molecule has 2 atom stereocenters. The minimum absolute atomic E-state index is 0. The molecule has 0 amide bonds. The largest absolute Gasteiger partial charge is 0.316 e. The van der Waals surface area contributed by atoms with E-state index in [4.69, 9.17) is 0 Å². The second-order valence-corrected chi connectivity index (χ2v) is 9.02. The van der Waals surface area contributed by atoms with E-state index in [1.807, 2.05) is 0 Å². The number of rotatable bonds is 4. The van der Waals surface area contributed by atoms with Gasteiger partial charge in [0.2, 0.25) is 0 Å². The summed E-state index contributed by atoms with van der Waals surface area (Å²) in [5.41, 5.74) is 6.25. The molecule has 5 rings (SSSR count). The highest BCUT2D eigenvalue weighted by molar-refractivity contribution is 5.85. The fraction of sp³-hybridized carbons (Fsp3) is 0.636. The Morgan fingerprint density at radius 1 is 1.13 bits per heavy atom. The molecule has 2 aromatic rings. The van der Waals surface area contributed by atoms with Gasteiger partial charge in [-0.25, -0.2) is 0 Å². The summed E-state index contributed by atoms with van der Waals surface area (Å²) in [4.78, 5) is 15.4. The normalized spacial score (nSPS) is 22.3. The van der Waals surface area contributed by atoms with Crippen LogP contribution in [0, 0.1) is 5.92 Å². The molecule has 1 saturated heterocycles. The molecule has 0 aromatic carbocycles. The van der Waals surface area contributed by atoms with Crippen LogP contribution in [-0.2, 0) is 32.5 Å². The Morgan fingerprint density at radius 3 is 2.83 bits per heavy atom. The number of pyridine rings is 1. The predicted molar refractivity (Wildman–Crippen MR) is 124 cm³/mol. The summed E-state index contributed by atoms with van der Waals surface area (Å²) in [6.45, 7) is 4.37. The van der Waals surface area contributed by atoms with E-state index in [1.165, 1.54) is 42.6 Å². The van der Waals surface area contributed by atoms with Gasteiger partial charge in [-0.1, -0.05) is 12.5 Å².